The minimum atomic E-state index is 0.981. The van der Waals surface area contributed by atoms with Crippen LogP contribution in [0, 0.1) is 17.9 Å². The first kappa shape index (κ1) is 7.88. The number of hydrogen-bond acceptors (Lipinski definition) is 0. The van der Waals surface area contributed by atoms with E-state index in [9.17, 15) is 0 Å². The largest absolute Gasteiger partial charge is 0.0979 e. The molecule has 0 aliphatic rings. The van der Waals surface area contributed by atoms with Crippen LogP contribution in [0.3, 0.4) is 0 Å². The molecule has 11 heavy (non-hydrogen) atoms. The minimum absolute atomic E-state index is 0.981. The Hall–Kier alpha value is -1.22. The van der Waals surface area contributed by atoms with E-state index in [1.165, 1.54) is 0 Å². The van der Waals surface area contributed by atoms with Gasteiger partial charge >= 0.3 is 0 Å². The van der Waals surface area contributed by atoms with Crippen molar-refractivity contribution >= 4 is 0 Å². The molecule has 0 heterocycles. The predicted octanol–water partition coefficient (Wildman–Crippen LogP) is 2.64. The zero-order valence-corrected chi connectivity index (χ0v) is 6.72. The van der Waals surface area contributed by atoms with Gasteiger partial charge in [0.1, 0.15) is 0 Å². The van der Waals surface area contributed by atoms with Crippen LogP contribution in [0.5, 0.6) is 0 Å². The van der Waals surface area contributed by atoms with Gasteiger partial charge in [0.2, 0.25) is 0 Å². The van der Waals surface area contributed by atoms with E-state index in [2.05, 4.69) is 24.8 Å². The van der Waals surface area contributed by atoms with E-state index in [1.54, 1.807) is 0 Å². The van der Waals surface area contributed by atoms with Gasteiger partial charge in [-0.3, -0.25) is 0 Å². The smallest absolute Gasteiger partial charge is 0.0251 e. The fourth-order valence-corrected chi connectivity index (χ4v) is 0.761. The third kappa shape index (κ3) is 2.91. The lowest BCUT2D eigenvalue weighted by atomic mass is 10.2. The van der Waals surface area contributed by atoms with Gasteiger partial charge < -0.3 is 0 Å². The first-order valence-corrected chi connectivity index (χ1v) is 3.88. The Morgan fingerprint density at radius 2 is 2.45 bits per heavy atom. The monoisotopic (exact) mass is 143 g/mol. The van der Waals surface area contributed by atoms with Gasteiger partial charge in [0.05, 0.1) is 0 Å². The molecule has 1 rings (SSSR count). The molecule has 0 N–H and O–H groups in total. The number of hydrogen-bond donors (Lipinski definition) is 0. The maximum Gasteiger partial charge on any atom is 0.0251 e. The van der Waals surface area contributed by atoms with Crippen molar-refractivity contribution < 1.29 is 0 Å². The van der Waals surface area contributed by atoms with Gasteiger partial charge in [-0.15, -0.1) is 0 Å². The molecule has 0 amide bonds. The molecule has 55 valence electrons. The highest BCUT2D eigenvalue weighted by atomic mass is 13.8. The first-order valence-electron chi connectivity index (χ1n) is 3.88. The van der Waals surface area contributed by atoms with E-state index in [-0.39, 0.29) is 0 Å². The lowest BCUT2D eigenvalue weighted by Gasteiger charge is -1.84. The summed E-state index contributed by atoms with van der Waals surface area (Å²) >= 11 is 0. The van der Waals surface area contributed by atoms with Crippen LogP contribution in [-0.2, 0) is 0 Å². The Balaban J connectivity index is 2.59. The Bertz CT molecular complexity index is 248. The molecule has 0 aromatic heterocycles. The summed E-state index contributed by atoms with van der Waals surface area (Å²) in [4.78, 5) is 0. The van der Waals surface area contributed by atoms with E-state index >= 15 is 0 Å². The SMILES string of the molecule is CCCC#Cc1c[c]ccc1. The molecule has 0 spiro atoms. The van der Waals surface area contributed by atoms with E-state index in [1.807, 2.05) is 24.3 Å². The zero-order chi connectivity index (χ0) is 7.94. The van der Waals surface area contributed by atoms with E-state index in [0.29, 0.717) is 0 Å². The van der Waals surface area contributed by atoms with Crippen LogP contribution >= 0.6 is 0 Å². The van der Waals surface area contributed by atoms with Crippen molar-refractivity contribution in [3.8, 4) is 11.8 Å². The molecule has 1 aromatic carbocycles. The normalized spacial score (nSPS) is 8.45. The predicted molar refractivity (Wildman–Crippen MR) is 47.1 cm³/mol. The standard InChI is InChI=1S/C11H11/c1-2-3-5-8-11-9-6-4-7-10-11/h4,6,9-10H,2-3H2,1H3. The summed E-state index contributed by atoms with van der Waals surface area (Å²) in [5.74, 6) is 6.15. The third-order valence-electron chi connectivity index (χ3n) is 1.31. The molecule has 1 radical (unpaired) electrons. The van der Waals surface area contributed by atoms with Gasteiger partial charge in [-0.1, -0.05) is 30.9 Å². The second kappa shape index (κ2) is 4.57. The summed E-state index contributed by atoms with van der Waals surface area (Å²) < 4.78 is 0. The van der Waals surface area contributed by atoms with Gasteiger partial charge in [0, 0.05) is 12.0 Å². The van der Waals surface area contributed by atoms with Crippen molar-refractivity contribution in [2.45, 2.75) is 19.8 Å². The number of rotatable bonds is 1. The van der Waals surface area contributed by atoms with Gasteiger partial charge in [-0.2, -0.15) is 0 Å². The summed E-state index contributed by atoms with van der Waals surface area (Å²) in [7, 11) is 0. The second-order valence-electron chi connectivity index (χ2n) is 2.34. The van der Waals surface area contributed by atoms with Crippen molar-refractivity contribution in [2.24, 2.45) is 0 Å². The van der Waals surface area contributed by atoms with Gasteiger partial charge in [-0.05, 0) is 24.6 Å². The minimum Gasteiger partial charge on any atom is -0.0979 e. The van der Waals surface area contributed by atoms with Crippen LogP contribution in [0.1, 0.15) is 25.3 Å². The quantitative estimate of drug-likeness (QED) is 0.530. The third-order valence-corrected chi connectivity index (χ3v) is 1.31. The Morgan fingerprint density at radius 1 is 1.55 bits per heavy atom. The Morgan fingerprint density at radius 3 is 3.09 bits per heavy atom. The molecule has 0 fully saturated rings. The molecular formula is C11H11. The summed E-state index contributed by atoms with van der Waals surface area (Å²) in [6.45, 7) is 2.13. The topological polar surface area (TPSA) is 0 Å². The molecule has 0 aliphatic heterocycles. The number of unbranched alkanes of at least 4 members (excludes halogenated alkanes) is 1. The Labute approximate surface area is 68.3 Å². The van der Waals surface area contributed by atoms with Gasteiger partial charge in [0.25, 0.3) is 0 Å². The first-order chi connectivity index (χ1) is 5.43. The Kier molecular flexibility index (Phi) is 3.28. The fourth-order valence-electron chi connectivity index (χ4n) is 0.761. The lowest BCUT2D eigenvalue weighted by Crippen LogP contribution is -1.70. The molecule has 1 aromatic rings. The lowest BCUT2D eigenvalue weighted by molar-refractivity contribution is 0.983. The molecular weight excluding hydrogens is 132 g/mol. The highest BCUT2D eigenvalue weighted by Crippen LogP contribution is 1.94. The van der Waals surface area contributed by atoms with E-state index in [4.69, 9.17) is 0 Å². The van der Waals surface area contributed by atoms with Crippen molar-refractivity contribution in [2.75, 3.05) is 0 Å². The summed E-state index contributed by atoms with van der Waals surface area (Å²) in [5, 5.41) is 0. The molecule has 0 atom stereocenters. The average Bonchev–Trinajstić information content (AvgIpc) is 2.07. The van der Waals surface area contributed by atoms with Crippen LogP contribution in [0.15, 0.2) is 24.3 Å². The van der Waals surface area contributed by atoms with Crippen LogP contribution in [0.25, 0.3) is 0 Å². The maximum absolute atomic E-state index is 3.08. The molecule has 0 bridgehead atoms. The molecule has 0 unspecified atom stereocenters. The van der Waals surface area contributed by atoms with Crippen LogP contribution < -0.4 is 0 Å². The van der Waals surface area contributed by atoms with Crippen molar-refractivity contribution in [1.82, 2.24) is 0 Å². The van der Waals surface area contributed by atoms with Crippen molar-refractivity contribution in [3.63, 3.8) is 0 Å². The second-order valence-corrected chi connectivity index (χ2v) is 2.34. The molecule has 0 saturated carbocycles. The van der Waals surface area contributed by atoms with Crippen LogP contribution in [-0.4, -0.2) is 0 Å². The van der Waals surface area contributed by atoms with Crippen LogP contribution in [0.2, 0.25) is 0 Å². The van der Waals surface area contributed by atoms with Crippen molar-refractivity contribution in [3.05, 3.63) is 35.9 Å². The summed E-state index contributed by atoms with van der Waals surface area (Å²) in [5.41, 5.74) is 1.06. The highest BCUT2D eigenvalue weighted by molar-refractivity contribution is 5.32. The van der Waals surface area contributed by atoms with Crippen LogP contribution in [0.4, 0.5) is 0 Å². The highest BCUT2D eigenvalue weighted by Gasteiger charge is 1.79. The summed E-state index contributed by atoms with van der Waals surface area (Å²) in [6, 6.07) is 10.7. The maximum atomic E-state index is 3.08. The summed E-state index contributed by atoms with van der Waals surface area (Å²) in [6.07, 6.45) is 2.11. The van der Waals surface area contributed by atoms with E-state index < -0.39 is 0 Å². The molecule has 0 aliphatic carbocycles. The van der Waals surface area contributed by atoms with Crippen molar-refractivity contribution in [1.29, 1.82) is 0 Å². The number of benzene rings is 1. The molecule has 0 nitrogen and oxygen atoms in total. The average molecular weight is 143 g/mol. The zero-order valence-electron chi connectivity index (χ0n) is 6.72. The fraction of sp³-hybridized carbons (Fsp3) is 0.273. The van der Waals surface area contributed by atoms with E-state index in [0.717, 1.165) is 18.4 Å². The van der Waals surface area contributed by atoms with Gasteiger partial charge in [-0.25, -0.2) is 0 Å². The molecule has 0 saturated heterocycles. The molecule has 0 heteroatoms. The van der Waals surface area contributed by atoms with Gasteiger partial charge in [0.15, 0.2) is 0 Å².